The van der Waals surface area contributed by atoms with Crippen LogP contribution in [0.25, 0.3) is 0 Å². The average Bonchev–Trinajstić information content (AvgIpc) is 2.24. The molecule has 0 N–H and O–H groups in total. The second kappa shape index (κ2) is 4.96. The van der Waals surface area contributed by atoms with Crippen LogP contribution in [0, 0.1) is 0 Å². The summed E-state index contributed by atoms with van der Waals surface area (Å²) in [5, 5.41) is 0. The molecule has 1 aromatic rings. The number of carbonyl (C=O) groups excluding carboxylic acids is 1. The van der Waals surface area contributed by atoms with Gasteiger partial charge in [-0.2, -0.15) is 0 Å². The molecule has 1 aliphatic rings. The molecule has 0 amide bonds. The maximum Gasteiger partial charge on any atom is 0.150 e. The van der Waals surface area contributed by atoms with E-state index in [0.717, 1.165) is 31.5 Å². The fraction of sp³-hybridized carbons (Fsp3) is 0.417. The van der Waals surface area contributed by atoms with Crippen molar-refractivity contribution in [3.63, 3.8) is 0 Å². The Bertz CT molecular complexity index is 363. The van der Waals surface area contributed by atoms with Crippen LogP contribution in [0.1, 0.15) is 28.8 Å². The molecule has 0 fully saturated rings. The summed E-state index contributed by atoms with van der Waals surface area (Å²) in [4.78, 5) is 10.6. The molecule has 0 bridgehead atoms. The maximum absolute atomic E-state index is 10.6. The highest BCUT2D eigenvalue weighted by atomic mass is 127. The number of aryl methyl sites for hydroxylation is 1. The van der Waals surface area contributed by atoms with E-state index in [0.29, 0.717) is 9.49 Å². The lowest BCUT2D eigenvalue weighted by molar-refractivity contribution is 0.112. The molecule has 0 spiro atoms. The smallest absolute Gasteiger partial charge is 0.150 e. The van der Waals surface area contributed by atoms with Gasteiger partial charge >= 0.3 is 0 Å². The van der Waals surface area contributed by atoms with E-state index in [4.69, 9.17) is 4.74 Å². The number of benzene rings is 1. The third-order valence-electron chi connectivity index (χ3n) is 2.64. The van der Waals surface area contributed by atoms with Crippen LogP contribution in [-0.4, -0.2) is 16.8 Å². The zero-order valence-corrected chi connectivity index (χ0v) is 10.6. The summed E-state index contributed by atoms with van der Waals surface area (Å²) in [5.74, 6) is 0.892. The first-order chi connectivity index (χ1) is 7.29. The van der Waals surface area contributed by atoms with Gasteiger partial charge in [0.2, 0.25) is 0 Å². The van der Waals surface area contributed by atoms with Crippen LogP contribution >= 0.6 is 22.6 Å². The van der Waals surface area contributed by atoms with Gasteiger partial charge in [-0.3, -0.25) is 4.79 Å². The predicted molar refractivity (Wildman–Crippen MR) is 68.1 cm³/mol. The van der Waals surface area contributed by atoms with Crippen LogP contribution < -0.4 is 4.74 Å². The van der Waals surface area contributed by atoms with Crippen LogP contribution in [0.5, 0.6) is 5.75 Å². The number of alkyl halides is 1. The van der Waals surface area contributed by atoms with Crippen molar-refractivity contribution in [2.75, 3.05) is 6.61 Å². The standard InChI is InChI=1S/C12H13IO2/c13-11-4-3-10-2-1-9(8-14)7-12(10)15-6-5-11/h1-2,7-8,11H,3-6H2. The Morgan fingerprint density at radius 1 is 1.40 bits per heavy atom. The van der Waals surface area contributed by atoms with Crippen molar-refractivity contribution in [2.24, 2.45) is 0 Å². The van der Waals surface area contributed by atoms with E-state index in [9.17, 15) is 4.79 Å². The number of fused-ring (bicyclic) bond motifs is 1. The summed E-state index contributed by atoms with van der Waals surface area (Å²) in [6.07, 6.45) is 4.19. The number of rotatable bonds is 1. The molecule has 3 heteroatoms. The van der Waals surface area contributed by atoms with Gasteiger partial charge in [0.15, 0.2) is 0 Å². The van der Waals surface area contributed by atoms with Crippen molar-refractivity contribution in [1.29, 1.82) is 0 Å². The zero-order valence-electron chi connectivity index (χ0n) is 8.41. The van der Waals surface area contributed by atoms with Crippen LogP contribution in [0.3, 0.4) is 0 Å². The lowest BCUT2D eigenvalue weighted by atomic mass is 10.0. The number of aldehydes is 1. The highest BCUT2D eigenvalue weighted by molar-refractivity contribution is 14.1. The summed E-state index contributed by atoms with van der Waals surface area (Å²) in [5.41, 5.74) is 1.92. The summed E-state index contributed by atoms with van der Waals surface area (Å²) in [6, 6.07) is 5.71. The van der Waals surface area contributed by atoms with Gasteiger partial charge in [-0.05, 0) is 30.9 Å². The van der Waals surface area contributed by atoms with Crippen molar-refractivity contribution >= 4 is 28.9 Å². The summed E-state index contributed by atoms with van der Waals surface area (Å²) in [6.45, 7) is 0.753. The Morgan fingerprint density at radius 3 is 3.07 bits per heavy atom. The van der Waals surface area contributed by atoms with Crippen molar-refractivity contribution in [1.82, 2.24) is 0 Å². The van der Waals surface area contributed by atoms with Gasteiger partial charge < -0.3 is 4.74 Å². The molecule has 0 saturated carbocycles. The Hall–Kier alpha value is -0.580. The Labute approximate surface area is 103 Å². The number of hydrogen-bond acceptors (Lipinski definition) is 2. The molecule has 0 radical (unpaired) electrons. The van der Waals surface area contributed by atoms with Gasteiger partial charge in [0, 0.05) is 9.49 Å². The third kappa shape index (κ3) is 2.71. The minimum atomic E-state index is 0.695. The molecular weight excluding hydrogens is 303 g/mol. The lowest BCUT2D eigenvalue weighted by Gasteiger charge is -2.18. The molecular formula is C12H13IO2. The number of carbonyl (C=O) groups is 1. The van der Waals surface area contributed by atoms with E-state index >= 15 is 0 Å². The van der Waals surface area contributed by atoms with Gasteiger partial charge in [0.25, 0.3) is 0 Å². The van der Waals surface area contributed by atoms with Gasteiger partial charge in [-0.25, -0.2) is 0 Å². The molecule has 1 heterocycles. The molecule has 1 aromatic carbocycles. The lowest BCUT2D eigenvalue weighted by Crippen LogP contribution is -2.12. The third-order valence-corrected chi connectivity index (χ3v) is 3.89. The average molecular weight is 316 g/mol. The van der Waals surface area contributed by atoms with Crippen LogP contribution in [0.4, 0.5) is 0 Å². The number of ether oxygens (including phenoxy) is 1. The molecule has 1 atom stereocenters. The van der Waals surface area contributed by atoms with Crippen LogP contribution in [0.15, 0.2) is 18.2 Å². The molecule has 80 valence electrons. The van der Waals surface area contributed by atoms with Gasteiger partial charge in [0.05, 0.1) is 6.61 Å². The Kier molecular flexibility index (Phi) is 3.61. The van der Waals surface area contributed by atoms with E-state index in [2.05, 4.69) is 22.6 Å². The zero-order chi connectivity index (χ0) is 10.7. The van der Waals surface area contributed by atoms with E-state index in [1.807, 2.05) is 18.2 Å². The summed E-state index contributed by atoms with van der Waals surface area (Å²) in [7, 11) is 0. The molecule has 0 aliphatic carbocycles. The first-order valence-corrected chi connectivity index (χ1v) is 6.39. The van der Waals surface area contributed by atoms with Gasteiger partial charge in [-0.1, -0.05) is 34.7 Å². The van der Waals surface area contributed by atoms with Crippen molar-refractivity contribution < 1.29 is 9.53 Å². The van der Waals surface area contributed by atoms with E-state index in [1.165, 1.54) is 12.0 Å². The molecule has 0 saturated heterocycles. The van der Waals surface area contributed by atoms with Crippen molar-refractivity contribution in [2.45, 2.75) is 23.2 Å². The molecule has 2 nitrogen and oxygen atoms in total. The fourth-order valence-corrected chi connectivity index (χ4v) is 2.30. The molecule has 15 heavy (non-hydrogen) atoms. The molecule has 1 aliphatic heterocycles. The minimum Gasteiger partial charge on any atom is -0.493 e. The number of hydrogen-bond donors (Lipinski definition) is 0. The van der Waals surface area contributed by atoms with Crippen molar-refractivity contribution in [3.8, 4) is 5.75 Å². The Morgan fingerprint density at radius 2 is 2.27 bits per heavy atom. The van der Waals surface area contributed by atoms with E-state index in [1.54, 1.807) is 0 Å². The Balaban J connectivity index is 2.26. The largest absolute Gasteiger partial charge is 0.493 e. The minimum absolute atomic E-state index is 0.695. The monoisotopic (exact) mass is 316 g/mol. The topological polar surface area (TPSA) is 26.3 Å². The van der Waals surface area contributed by atoms with Crippen molar-refractivity contribution in [3.05, 3.63) is 29.3 Å². The van der Waals surface area contributed by atoms with Crippen LogP contribution in [0.2, 0.25) is 0 Å². The maximum atomic E-state index is 10.6. The first kappa shape index (κ1) is 10.9. The molecule has 2 rings (SSSR count). The highest BCUT2D eigenvalue weighted by Crippen LogP contribution is 2.26. The van der Waals surface area contributed by atoms with Gasteiger partial charge in [-0.15, -0.1) is 0 Å². The first-order valence-electron chi connectivity index (χ1n) is 5.14. The molecule has 0 aromatic heterocycles. The molecule has 1 unspecified atom stereocenters. The summed E-state index contributed by atoms with van der Waals surface area (Å²) >= 11 is 2.48. The van der Waals surface area contributed by atoms with E-state index < -0.39 is 0 Å². The number of halogens is 1. The quantitative estimate of drug-likeness (QED) is 0.452. The summed E-state index contributed by atoms with van der Waals surface area (Å²) < 4.78 is 6.37. The normalized spacial score (nSPS) is 20.7. The fourth-order valence-electron chi connectivity index (χ4n) is 1.74. The second-order valence-corrected chi connectivity index (χ2v) is 5.52. The van der Waals surface area contributed by atoms with Gasteiger partial charge in [0.1, 0.15) is 12.0 Å². The van der Waals surface area contributed by atoms with Crippen LogP contribution in [-0.2, 0) is 6.42 Å². The second-order valence-electron chi connectivity index (χ2n) is 3.76. The highest BCUT2D eigenvalue weighted by Gasteiger charge is 2.13. The van der Waals surface area contributed by atoms with E-state index in [-0.39, 0.29) is 0 Å². The predicted octanol–water partition coefficient (Wildman–Crippen LogP) is 3.02. The SMILES string of the molecule is O=Cc1ccc2c(c1)OCCC(I)CC2.